The Balaban J connectivity index is 1.65. The molecule has 112 valence electrons. The summed E-state index contributed by atoms with van der Waals surface area (Å²) in [4.78, 5) is 0. The van der Waals surface area contributed by atoms with Crippen LogP contribution in [-0.4, -0.2) is 6.04 Å². The summed E-state index contributed by atoms with van der Waals surface area (Å²) in [6, 6.07) is 10.8. The van der Waals surface area contributed by atoms with Gasteiger partial charge in [-0.2, -0.15) is 0 Å². The van der Waals surface area contributed by atoms with E-state index in [2.05, 4.69) is 33.0 Å². The molecular weight excluding hydrogens is 265 g/mol. The van der Waals surface area contributed by atoms with Gasteiger partial charge in [0.25, 0.3) is 0 Å². The van der Waals surface area contributed by atoms with Crippen LogP contribution in [-0.2, 0) is 6.54 Å². The van der Waals surface area contributed by atoms with Gasteiger partial charge in [0.1, 0.15) is 17.3 Å². The lowest BCUT2D eigenvalue weighted by molar-refractivity contribution is 0.457. The zero-order chi connectivity index (χ0) is 15.3. The van der Waals surface area contributed by atoms with E-state index >= 15 is 0 Å². The first-order valence-electron chi connectivity index (χ1n) is 7.40. The first kappa shape index (κ1) is 14.3. The molecule has 1 fully saturated rings. The van der Waals surface area contributed by atoms with Crippen LogP contribution in [0.4, 0.5) is 4.39 Å². The number of benzene rings is 1. The lowest BCUT2D eigenvalue weighted by atomic mass is 10.0. The van der Waals surface area contributed by atoms with E-state index < -0.39 is 0 Å². The molecule has 0 unspecified atom stereocenters. The first-order valence-corrected chi connectivity index (χ1v) is 7.40. The summed E-state index contributed by atoms with van der Waals surface area (Å²) in [6.07, 6.45) is 0. The molecule has 0 saturated heterocycles. The van der Waals surface area contributed by atoms with E-state index in [1.807, 2.05) is 12.1 Å². The van der Waals surface area contributed by atoms with Gasteiger partial charge in [0.05, 0.1) is 6.54 Å². The van der Waals surface area contributed by atoms with Gasteiger partial charge in [-0.05, 0) is 47.2 Å². The molecule has 1 heterocycles. The van der Waals surface area contributed by atoms with Gasteiger partial charge in [-0.25, -0.2) is 4.39 Å². The van der Waals surface area contributed by atoms with Crippen LogP contribution in [0.3, 0.4) is 0 Å². The highest BCUT2D eigenvalue weighted by Crippen LogP contribution is 2.62. The number of hydrogen-bond donors (Lipinski definition) is 1. The Morgan fingerprint density at radius 2 is 1.62 bits per heavy atom. The molecule has 1 N–H and O–H groups in total. The van der Waals surface area contributed by atoms with Gasteiger partial charge >= 0.3 is 0 Å². The van der Waals surface area contributed by atoms with Crippen molar-refractivity contribution in [3.8, 4) is 11.3 Å². The molecule has 0 aliphatic heterocycles. The van der Waals surface area contributed by atoms with Crippen molar-refractivity contribution < 1.29 is 8.81 Å². The molecule has 1 aliphatic carbocycles. The lowest BCUT2D eigenvalue weighted by Crippen LogP contribution is -2.21. The molecule has 2 nitrogen and oxygen atoms in total. The highest BCUT2D eigenvalue weighted by Gasteiger charge is 2.64. The van der Waals surface area contributed by atoms with E-state index in [0.29, 0.717) is 16.9 Å². The maximum Gasteiger partial charge on any atom is 0.134 e. The molecule has 21 heavy (non-hydrogen) atoms. The Morgan fingerprint density at radius 1 is 1.00 bits per heavy atom. The third-order valence-corrected chi connectivity index (χ3v) is 5.29. The van der Waals surface area contributed by atoms with Crippen LogP contribution in [0.25, 0.3) is 11.3 Å². The Kier molecular flexibility index (Phi) is 3.21. The van der Waals surface area contributed by atoms with Crippen molar-refractivity contribution in [1.29, 1.82) is 0 Å². The average Bonchev–Trinajstić information content (AvgIpc) is 2.78. The third-order valence-electron chi connectivity index (χ3n) is 5.29. The Labute approximate surface area is 125 Å². The molecule has 0 amide bonds. The van der Waals surface area contributed by atoms with Gasteiger partial charge in [-0.3, -0.25) is 0 Å². The van der Waals surface area contributed by atoms with Crippen LogP contribution in [0.5, 0.6) is 0 Å². The molecule has 1 aliphatic rings. The van der Waals surface area contributed by atoms with Gasteiger partial charge in [-0.15, -0.1) is 0 Å². The normalized spacial score (nSPS) is 19.7. The minimum absolute atomic E-state index is 0.231. The Hall–Kier alpha value is -1.61. The van der Waals surface area contributed by atoms with Crippen molar-refractivity contribution in [2.75, 3.05) is 0 Å². The second-order valence-electron chi connectivity index (χ2n) is 7.03. The predicted molar refractivity (Wildman–Crippen MR) is 82.3 cm³/mol. The molecule has 3 rings (SSSR count). The van der Waals surface area contributed by atoms with Crippen LogP contribution in [0.1, 0.15) is 33.5 Å². The minimum Gasteiger partial charge on any atom is -0.460 e. The van der Waals surface area contributed by atoms with Crippen LogP contribution >= 0.6 is 0 Å². The zero-order valence-corrected chi connectivity index (χ0v) is 13.0. The predicted octanol–water partition coefficient (Wildman–Crippen LogP) is 4.61. The monoisotopic (exact) mass is 287 g/mol. The molecular formula is C18H22FNO. The molecule has 1 aromatic carbocycles. The van der Waals surface area contributed by atoms with Crippen LogP contribution in [0.15, 0.2) is 40.8 Å². The molecule has 0 radical (unpaired) electrons. The van der Waals surface area contributed by atoms with Crippen molar-refractivity contribution in [3.63, 3.8) is 0 Å². The summed E-state index contributed by atoms with van der Waals surface area (Å²) in [5.41, 5.74) is 1.54. The van der Waals surface area contributed by atoms with Crippen molar-refractivity contribution in [3.05, 3.63) is 48.0 Å². The average molecular weight is 287 g/mol. The van der Waals surface area contributed by atoms with Crippen molar-refractivity contribution in [2.24, 2.45) is 10.8 Å². The fourth-order valence-corrected chi connectivity index (χ4v) is 3.15. The summed E-state index contributed by atoms with van der Waals surface area (Å²) in [5, 5.41) is 3.57. The first-order chi connectivity index (χ1) is 9.82. The van der Waals surface area contributed by atoms with E-state index in [4.69, 9.17) is 4.42 Å². The number of nitrogens with one attached hydrogen (secondary N) is 1. The van der Waals surface area contributed by atoms with Gasteiger partial charge in [0.2, 0.25) is 0 Å². The summed E-state index contributed by atoms with van der Waals surface area (Å²) >= 11 is 0. The fraction of sp³-hybridized carbons (Fsp3) is 0.444. The summed E-state index contributed by atoms with van der Waals surface area (Å²) in [7, 11) is 0. The highest BCUT2D eigenvalue weighted by molar-refractivity contribution is 5.57. The quantitative estimate of drug-likeness (QED) is 0.888. The molecule has 1 aromatic heterocycles. The molecule has 0 bridgehead atoms. The van der Waals surface area contributed by atoms with Gasteiger partial charge in [0, 0.05) is 11.6 Å². The Morgan fingerprint density at radius 3 is 2.19 bits per heavy atom. The van der Waals surface area contributed by atoms with E-state index in [-0.39, 0.29) is 5.82 Å². The van der Waals surface area contributed by atoms with Gasteiger partial charge in [-0.1, -0.05) is 27.7 Å². The number of halogens is 1. The van der Waals surface area contributed by atoms with Gasteiger partial charge in [0.15, 0.2) is 0 Å². The zero-order valence-electron chi connectivity index (χ0n) is 13.0. The largest absolute Gasteiger partial charge is 0.460 e. The highest BCUT2D eigenvalue weighted by atomic mass is 19.1. The maximum atomic E-state index is 12.9. The summed E-state index contributed by atoms with van der Waals surface area (Å²) in [5.74, 6) is 1.46. The molecule has 0 spiro atoms. The SMILES string of the molecule is CC1(C)C(NCc2ccc(-c3ccc(F)cc3)o2)C1(C)C. The van der Waals surface area contributed by atoms with Crippen molar-refractivity contribution in [1.82, 2.24) is 5.32 Å². The van der Waals surface area contributed by atoms with E-state index in [1.54, 1.807) is 12.1 Å². The second kappa shape index (κ2) is 4.70. The number of rotatable bonds is 4. The second-order valence-corrected chi connectivity index (χ2v) is 7.03. The Bertz CT molecular complexity index is 625. The molecule has 2 aromatic rings. The smallest absolute Gasteiger partial charge is 0.134 e. The minimum atomic E-state index is -0.231. The number of hydrogen-bond acceptors (Lipinski definition) is 2. The molecule has 1 saturated carbocycles. The van der Waals surface area contributed by atoms with Crippen LogP contribution < -0.4 is 5.32 Å². The number of furan rings is 1. The lowest BCUT2D eigenvalue weighted by Gasteiger charge is -2.04. The van der Waals surface area contributed by atoms with Gasteiger partial charge < -0.3 is 9.73 Å². The third kappa shape index (κ3) is 2.40. The maximum absolute atomic E-state index is 12.9. The summed E-state index contributed by atoms with van der Waals surface area (Å²) in [6.45, 7) is 9.87. The van der Waals surface area contributed by atoms with E-state index in [1.165, 1.54) is 12.1 Å². The van der Waals surface area contributed by atoms with Crippen LogP contribution in [0.2, 0.25) is 0 Å². The van der Waals surface area contributed by atoms with Crippen molar-refractivity contribution in [2.45, 2.75) is 40.3 Å². The van der Waals surface area contributed by atoms with E-state index in [9.17, 15) is 4.39 Å². The summed E-state index contributed by atoms with van der Waals surface area (Å²) < 4.78 is 18.8. The van der Waals surface area contributed by atoms with Crippen molar-refractivity contribution >= 4 is 0 Å². The topological polar surface area (TPSA) is 25.2 Å². The van der Waals surface area contributed by atoms with E-state index in [0.717, 1.165) is 23.6 Å². The molecule has 3 heteroatoms. The van der Waals surface area contributed by atoms with Crippen LogP contribution in [0, 0.1) is 16.6 Å². The standard InChI is InChI=1S/C18H22FNO/c1-17(2)16(18(17,3)4)20-11-14-9-10-15(21-14)12-5-7-13(19)8-6-12/h5-10,16,20H,11H2,1-4H3. The molecule has 0 atom stereocenters. The fourth-order valence-electron chi connectivity index (χ4n) is 3.15.